The van der Waals surface area contributed by atoms with Crippen molar-refractivity contribution in [3.05, 3.63) is 24.0 Å². The summed E-state index contributed by atoms with van der Waals surface area (Å²) in [6.45, 7) is 0.503. The maximum Gasteiger partial charge on any atom is 0.0527 e. The molecule has 0 atom stereocenters. The van der Waals surface area contributed by atoms with Crippen LogP contribution in [0.4, 0.5) is 0 Å². The van der Waals surface area contributed by atoms with Crippen LogP contribution in [0.2, 0.25) is 0 Å². The third kappa shape index (κ3) is 0.675. The third-order valence-corrected chi connectivity index (χ3v) is 1.08. The molecule has 4 N–H and O–H groups in total. The second-order valence-corrected chi connectivity index (χ2v) is 1.61. The van der Waals surface area contributed by atoms with Gasteiger partial charge >= 0.3 is 0 Å². The maximum absolute atomic E-state index is 5.39. The number of hydrogen-bond acceptors (Lipinski definition) is 2. The molecule has 44 valence electrons. The van der Waals surface area contributed by atoms with E-state index in [9.17, 15) is 0 Å². The molecule has 0 spiro atoms. The zero-order chi connectivity index (χ0) is 5.98. The van der Waals surface area contributed by atoms with Crippen molar-refractivity contribution >= 4 is 0 Å². The fourth-order valence-electron chi connectivity index (χ4n) is 0.602. The van der Waals surface area contributed by atoms with E-state index in [0.29, 0.717) is 6.54 Å². The van der Waals surface area contributed by atoms with Gasteiger partial charge in [0, 0.05) is 12.7 Å². The van der Waals surface area contributed by atoms with Gasteiger partial charge in [0.2, 0.25) is 0 Å². The van der Waals surface area contributed by atoms with Gasteiger partial charge in [0.25, 0.3) is 0 Å². The van der Waals surface area contributed by atoms with Crippen LogP contribution in [0, 0.1) is 0 Å². The normalized spacial score (nSPS) is 9.62. The van der Waals surface area contributed by atoms with Gasteiger partial charge in [0.1, 0.15) is 0 Å². The summed E-state index contributed by atoms with van der Waals surface area (Å²) in [6.07, 6.45) is 1.77. The van der Waals surface area contributed by atoms with Gasteiger partial charge in [0.15, 0.2) is 0 Å². The first-order valence-corrected chi connectivity index (χ1v) is 2.46. The zero-order valence-corrected chi connectivity index (χ0v) is 4.54. The molecule has 0 bridgehead atoms. The number of nitrogens with two attached hydrogens (primary N) is 2. The molecule has 0 fully saturated rings. The van der Waals surface area contributed by atoms with E-state index < -0.39 is 0 Å². The van der Waals surface area contributed by atoms with Gasteiger partial charge < -0.3 is 11.6 Å². The Balaban J connectivity index is 2.92. The molecule has 0 aliphatic heterocycles. The fourth-order valence-corrected chi connectivity index (χ4v) is 0.602. The van der Waals surface area contributed by atoms with Crippen molar-refractivity contribution in [1.29, 1.82) is 0 Å². The summed E-state index contributed by atoms with van der Waals surface area (Å²) < 4.78 is 1.51. The smallest absolute Gasteiger partial charge is 0.0527 e. The Labute approximate surface area is 47.9 Å². The van der Waals surface area contributed by atoms with Gasteiger partial charge in [-0.25, -0.2) is 0 Å². The van der Waals surface area contributed by atoms with Crippen LogP contribution in [0.1, 0.15) is 5.69 Å². The first-order valence-electron chi connectivity index (χ1n) is 2.46. The van der Waals surface area contributed by atoms with E-state index >= 15 is 0 Å². The maximum atomic E-state index is 5.39. The van der Waals surface area contributed by atoms with Gasteiger partial charge in [-0.15, -0.1) is 0 Å². The lowest BCUT2D eigenvalue weighted by molar-refractivity contribution is 0.878. The molecule has 3 nitrogen and oxygen atoms in total. The van der Waals surface area contributed by atoms with E-state index in [1.54, 1.807) is 6.20 Å². The molecule has 1 aromatic heterocycles. The van der Waals surface area contributed by atoms with Crippen molar-refractivity contribution in [3.63, 3.8) is 0 Å². The Bertz CT molecular complexity index is 168. The minimum atomic E-state index is 0.503. The van der Waals surface area contributed by atoms with Crippen LogP contribution in [-0.2, 0) is 6.54 Å². The molecule has 0 amide bonds. The van der Waals surface area contributed by atoms with Crippen molar-refractivity contribution in [2.24, 2.45) is 5.73 Å². The molecule has 8 heavy (non-hydrogen) atoms. The van der Waals surface area contributed by atoms with Crippen LogP contribution < -0.4 is 11.6 Å². The zero-order valence-electron chi connectivity index (χ0n) is 4.54. The summed E-state index contributed by atoms with van der Waals surface area (Å²) in [5.74, 6) is 5.39. The number of nitrogen functional groups attached to an aromatic ring is 1. The van der Waals surface area contributed by atoms with Crippen molar-refractivity contribution in [3.8, 4) is 0 Å². The molecule has 0 aliphatic rings. The van der Waals surface area contributed by atoms with Crippen LogP contribution in [0.15, 0.2) is 18.3 Å². The van der Waals surface area contributed by atoms with Gasteiger partial charge in [-0.2, -0.15) is 0 Å². The predicted molar refractivity (Wildman–Crippen MR) is 32.5 cm³/mol. The SMILES string of the molecule is NCc1cccn1N. The molecule has 0 aromatic carbocycles. The van der Waals surface area contributed by atoms with Crippen LogP contribution in [0.3, 0.4) is 0 Å². The number of hydrogen-bond donors (Lipinski definition) is 2. The van der Waals surface area contributed by atoms with Crippen LogP contribution in [-0.4, -0.2) is 4.68 Å². The topological polar surface area (TPSA) is 57.0 Å². The van der Waals surface area contributed by atoms with Gasteiger partial charge in [-0.1, -0.05) is 0 Å². The van der Waals surface area contributed by atoms with Gasteiger partial charge in [-0.3, -0.25) is 4.68 Å². The van der Waals surface area contributed by atoms with E-state index in [1.807, 2.05) is 12.1 Å². The molecule has 1 aromatic rings. The Morgan fingerprint density at radius 3 is 2.62 bits per heavy atom. The molecule has 0 unspecified atom stereocenters. The highest BCUT2D eigenvalue weighted by atomic mass is 15.3. The molecular formula is C5H9N3. The third-order valence-electron chi connectivity index (χ3n) is 1.08. The highest BCUT2D eigenvalue weighted by Crippen LogP contribution is 1.93. The summed E-state index contributed by atoms with van der Waals surface area (Å²) in [4.78, 5) is 0. The summed E-state index contributed by atoms with van der Waals surface area (Å²) in [5.41, 5.74) is 6.24. The van der Waals surface area contributed by atoms with E-state index in [0.717, 1.165) is 5.69 Å². The minimum absolute atomic E-state index is 0.503. The quantitative estimate of drug-likeness (QED) is 0.487. The largest absolute Gasteiger partial charge is 0.339 e. The van der Waals surface area contributed by atoms with Gasteiger partial charge in [-0.05, 0) is 12.1 Å². The van der Waals surface area contributed by atoms with Crippen LogP contribution >= 0.6 is 0 Å². The molecule has 0 radical (unpaired) electrons. The van der Waals surface area contributed by atoms with E-state index in [1.165, 1.54) is 4.68 Å². The Morgan fingerprint density at radius 2 is 2.38 bits per heavy atom. The summed E-state index contributed by atoms with van der Waals surface area (Å²) in [6, 6.07) is 3.75. The Kier molecular flexibility index (Phi) is 1.22. The molecule has 1 rings (SSSR count). The average molecular weight is 111 g/mol. The lowest BCUT2D eigenvalue weighted by Crippen LogP contribution is -2.13. The van der Waals surface area contributed by atoms with E-state index in [4.69, 9.17) is 11.6 Å². The minimum Gasteiger partial charge on any atom is -0.339 e. The van der Waals surface area contributed by atoms with Crippen molar-refractivity contribution in [2.45, 2.75) is 6.54 Å². The van der Waals surface area contributed by atoms with Crippen molar-refractivity contribution in [1.82, 2.24) is 4.68 Å². The number of nitrogens with zero attached hydrogens (tertiary/aromatic N) is 1. The van der Waals surface area contributed by atoms with Crippen molar-refractivity contribution in [2.75, 3.05) is 5.84 Å². The van der Waals surface area contributed by atoms with Crippen LogP contribution in [0.25, 0.3) is 0 Å². The standard InChI is InChI=1S/C5H9N3/c6-4-5-2-1-3-8(5)7/h1-3H,4,6-7H2. The molecule has 0 saturated heterocycles. The number of rotatable bonds is 1. The lowest BCUT2D eigenvalue weighted by Gasteiger charge is -1.95. The Hall–Kier alpha value is -0.960. The predicted octanol–water partition coefficient (Wildman–Crippen LogP) is -0.339. The highest BCUT2D eigenvalue weighted by molar-refractivity contribution is 5.05. The first kappa shape index (κ1) is 5.18. The fraction of sp³-hybridized carbons (Fsp3) is 0.200. The van der Waals surface area contributed by atoms with Gasteiger partial charge in [0.05, 0.1) is 5.69 Å². The highest BCUT2D eigenvalue weighted by Gasteiger charge is 1.89. The number of aromatic nitrogens is 1. The second-order valence-electron chi connectivity index (χ2n) is 1.61. The van der Waals surface area contributed by atoms with Crippen LogP contribution in [0.5, 0.6) is 0 Å². The second kappa shape index (κ2) is 1.88. The molecule has 0 aliphatic carbocycles. The van der Waals surface area contributed by atoms with E-state index in [-0.39, 0.29) is 0 Å². The van der Waals surface area contributed by atoms with Crippen molar-refractivity contribution < 1.29 is 0 Å². The summed E-state index contributed by atoms with van der Waals surface area (Å²) >= 11 is 0. The summed E-state index contributed by atoms with van der Waals surface area (Å²) in [7, 11) is 0. The molecule has 1 heterocycles. The monoisotopic (exact) mass is 111 g/mol. The summed E-state index contributed by atoms with van der Waals surface area (Å²) in [5, 5.41) is 0. The molecule has 3 heteroatoms. The Morgan fingerprint density at radius 1 is 1.62 bits per heavy atom. The van der Waals surface area contributed by atoms with E-state index in [2.05, 4.69) is 0 Å². The lowest BCUT2D eigenvalue weighted by atomic mass is 10.4. The first-order chi connectivity index (χ1) is 3.84. The average Bonchev–Trinajstić information content (AvgIpc) is 2.14. The molecular weight excluding hydrogens is 102 g/mol. The molecule has 0 saturated carbocycles.